The standard InChI is InChI=1S/C17H24BrFN2O/c1-21(2)17(9-5-3-4-6-10-17)12-20-16(22)14-8-7-13(18)11-15(14)19/h7-8,11H,3-6,9-10,12H2,1-2H3,(H,20,22). The van der Waals surface area contributed by atoms with Gasteiger partial charge in [-0.25, -0.2) is 4.39 Å². The lowest BCUT2D eigenvalue weighted by atomic mass is 9.88. The summed E-state index contributed by atoms with van der Waals surface area (Å²) in [6.07, 6.45) is 7.02. The van der Waals surface area contributed by atoms with Crippen LogP contribution >= 0.6 is 15.9 Å². The number of nitrogens with one attached hydrogen (secondary N) is 1. The second kappa shape index (κ2) is 7.55. The van der Waals surface area contributed by atoms with Gasteiger partial charge in [0.15, 0.2) is 0 Å². The molecule has 1 aromatic rings. The van der Waals surface area contributed by atoms with Crippen LogP contribution in [0.1, 0.15) is 48.9 Å². The first-order valence-corrected chi connectivity index (χ1v) is 8.65. The third kappa shape index (κ3) is 4.07. The molecule has 2 rings (SSSR count). The Morgan fingerprint density at radius 3 is 2.45 bits per heavy atom. The number of nitrogens with zero attached hydrogens (tertiary/aromatic N) is 1. The average molecular weight is 371 g/mol. The Kier molecular flexibility index (Phi) is 5.98. The van der Waals surface area contributed by atoms with Crippen molar-refractivity contribution in [2.24, 2.45) is 0 Å². The van der Waals surface area contributed by atoms with E-state index >= 15 is 0 Å². The van der Waals surface area contributed by atoms with Crippen LogP contribution < -0.4 is 5.32 Å². The Morgan fingerprint density at radius 1 is 1.27 bits per heavy atom. The molecule has 0 radical (unpaired) electrons. The van der Waals surface area contributed by atoms with Crippen molar-refractivity contribution in [3.05, 3.63) is 34.1 Å². The van der Waals surface area contributed by atoms with Crippen molar-refractivity contribution in [1.29, 1.82) is 0 Å². The van der Waals surface area contributed by atoms with E-state index in [1.54, 1.807) is 6.07 Å². The first-order valence-electron chi connectivity index (χ1n) is 7.85. The highest BCUT2D eigenvalue weighted by molar-refractivity contribution is 9.10. The van der Waals surface area contributed by atoms with Crippen LogP contribution in [0.5, 0.6) is 0 Å². The van der Waals surface area contributed by atoms with E-state index in [0.29, 0.717) is 11.0 Å². The van der Waals surface area contributed by atoms with Crippen molar-refractivity contribution in [2.75, 3.05) is 20.6 Å². The number of carbonyl (C=O) groups is 1. The van der Waals surface area contributed by atoms with E-state index in [0.717, 1.165) is 12.8 Å². The molecule has 0 saturated heterocycles. The van der Waals surface area contributed by atoms with Crippen molar-refractivity contribution in [3.8, 4) is 0 Å². The maximum atomic E-state index is 13.9. The van der Waals surface area contributed by atoms with Gasteiger partial charge in [0, 0.05) is 16.6 Å². The van der Waals surface area contributed by atoms with Gasteiger partial charge in [-0.05, 0) is 45.1 Å². The zero-order valence-corrected chi connectivity index (χ0v) is 14.9. The number of carbonyl (C=O) groups excluding carboxylic acids is 1. The zero-order valence-electron chi connectivity index (χ0n) is 13.3. The molecule has 1 aromatic carbocycles. The van der Waals surface area contributed by atoms with Crippen LogP contribution in [0.3, 0.4) is 0 Å². The lowest BCUT2D eigenvalue weighted by molar-refractivity contribution is 0.0865. The Morgan fingerprint density at radius 2 is 1.91 bits per heavy atom. The van der Waals surface area contributed by atoms with Crippen LogP contribution in [0.15, 0.2) is 22.7 Å². The molecule has 0 bridgehead atoms. The van der Waals surface area contributed by atoms with Crippen LogP contribution in [0.4, 0.5) is 4.39 Å². The SMILES string of the molecule is CN(C)C1(CNC(=O)c2ccc(Br)cc2F)CCCCCC1. The largest absolute Gasteiger partial charge is 0.350 e. The first kappa shape index (κ1) is 17.4. The minimum atomic E-state index is -0.494. The van der Waals surface area contributed by atoms with Gasteiger partial charge in [-0.2, -0.15) is 0 Å². The molecule has 3 nitrogen and oxygen atoms in total. The molecule has 1 fully saturated rings. The molecule has 1 saturated carbocycles. The fourth-order valence-electron chi connectivity index (χ4n) is 3.18. The molecule has 0 atom stereocenters. The third-order valence-corrected chi connectivity index (χ3v) is 5.23. The van der Waals surface area contributed by atoms with E-state index < -0.39 is 5.82 Å². The monoisotopic (exact) mass is 370 g/mol. The Bertz CT molecular complexity index is 525. The highest BCUT2D eigenvalue weighted by Crippen LogP contribution is 2.30. The molecule has 0 heterocycles. The van der Waals surface area contributed by atoms with Crippen molar-refractivity contribution in [3.63, 3.8) is 0 Å². The first-order chi connectivity index (χ1) is 10.4. The zero-order chi connectivity index (χ0) is 16.2. The Labute approximate surface area is 140 Å². The average Bonchev–Trinajstić information content (AvgIpc) is 2.71. The molecular formula is C17H24BrFN2O. The summed E-state index contributed by atoms with van der Waals surface area (Å²) in [4.78, 5) is 14.5. The van der Waals surface area contributed by atoms with Gasteiger partial charge in [-0.3, -0.25) is 4.79 Å². The molecule has 1 aliphatic rings. The van der Waals surface area contributed by atoms with E-state index in [1.165, 1.54) is 37.8 Å². The summed E-state index contributed by atoms with van der Waals surface area (Å²) in [5, 5.41) is 2.94. The van der Waals surface area contributed by atoms with Crippen LogP contribution in [0, 0.1) is 5.82 Å². The Hall–Kier alpha value is -0.940. The van der Waals surface area contributed by atoms with E-state index in [-0.39, 0.29) is 17.0 Å². The highest BCUT2D eigenvalue weighted by atomic mass is 79.9. The van der Waals surface area contributed by atoms with Crippen LogP contribution in [0.2, 0.25) is 0 Å². The molecular weight excluding hydrogens is 347 g/mol. The molecule has 1 N–H and O–H groups in total. The predicted octanol–water partition coefficient (Wildman–Crippen LogP) is 3.97. The van der Waals surface area contributed by atoms with E-state index in [4.69, 9.17) is 0 Å². The molecule has 1 amide bonds. The number of hydrogen-bond donors (Lipinski definition) is 1. The maximum Gasteiger partial charge on any atom is 0.254 e. The summed E-state index contributed by atoms with van der Waals surface area (Å²) in [5.41, 5.74) is 0.0867. The van der Waals surface area contributed by atoms with Crippen LogP contribution in [0.25, 0.3) is 0 Å². The van der Waals surface area contributed by atoms with Crippen LogP contribution in [-0.2, 0) is 0 Å². The summed E-state index contributed by atoms with van der Waals surface area (Å²) in [6, 6.07) is 4.53. The number of benzene rings is 1. The topological polar surface area (TPSA) is 32.3 Å². The summed E-state index contributed by atoms with van der Waals surface area (Å²) >= 11 is 3.20. The number of rotatable bonds is 4. The van der Waals surface area contributed by atoms with Gasteiger partial charge in [0.05, 0.1) is 5.56 Å². The van der Waals surface area contributed by atoms with E-state index in [1.807, 2.05) is 0 Å². The lowest BCUT2D eigenvalue weighted by Gasteiger charge is -2.39. The summed E-state index contributed by atoms with van der Waals surface area (Å²) in [5.74, 6) is -0.831. The number of likely N-dealkylation sites (N-methyl/N-ethyl adjacent to an activating group) is 1. The van der Waals surface area contributed by atoms with Crippen molar-refractivity contribution < 1.29 is 9.18 Å². The van der Waals surface area contributed by atoms with Crippen molar-refractivity contribution >= 4 is 21.8 Å². The molecule has 5 heteroatoms. The van der Waals surface area contributed by atoms with Gasteiger partial charge >= 0.3 is 0 Å². The minimum absolute atomic E-state index is 0.0159. The molecule has 0 aliphatic heterocycles. The number of amides is 1. The smallest absolute Gasteiger partial charge is 0.254 e. The van der Waals surface area contributed by atoms with Gasteiger partial charge < -0.3 is 10.2 Å². The predicted molar refractivity (Wildman–Crippen MR) is 90.6 cm³/mol. The normalized spacial score (nSPS) is 18.0. The van der Waals surface area contributed by atoms with Gasteiger partial charge in [-0.15, -0.1) is 0 Å². The van der Waals surface area contributed by atoms with Crippen molar-refractivity contribution in [1.82, 2.24) is 10.2 Å². The number of hydrogen-bond acceptors (Lipinski definition) is 2. The number of halogens is 2. The summed E-state index contributed by atoms with van der Waals surface area (Å²) < 4.78 is 14.5. The van der Waals surface area contributed by atoms with Gasteiger partial charge in [-0.1, -0.05) is 41.6 Å². The quantitative estimate of drug-likeness (QED) is 0.813. The molecule has 122 valence electrons. The van der Waals surface area contributed by atoms with E-state index in [9.17, 15) is 9.18 Å². The maximum absolute atomic E-state index is 13.9. The molecule has 0 aromatic heterocycles. The van der Waals surface area contributed by atoms with Gasteiger partial charge in [0.2, 0.25) is 0 Å². The van der Waals surface area contributed by atoms with Crippen LogP contribution in [-0.4, -0.2) is 37.0 Å². The summed E-state index contributed by atoms with van der Waals surface area (Å²) in [7, 11) is 4.13. The second-order valence-corrected chi connectivity index (χ2v) is 7.26. The fourth-order valence-corrected chi connectivity index (χ4v) is 3.52. The molecule has 0 unspecified atom stereocenters. The second-order valence-electron chi connectivity index (χ2n) is 6.34. The summed E-state index contributed by atoms with van der Waals surface area (Å²) in [6.45, 7) is 0.564. The third-order valence-electron chi connectivity index (χ3n) is 4.74. The van der Waals surface area contributed by atoms with Gasteiger partial charge in [0.25, 0.3) is 5.91 Å². The Balaban J connectivity index is 2.07. The molecule has 22 heavy (non-hydrogen) atoms. The van der Waals surface area contributed by atoms with Gasteiger partial charge in [0.1, 0.15) is 5.82 Å². The lowest BCUT2D eigenvalue weighted by Crippen LogP contribution is -2.52. The minimum Gasteiger partial charge on any atom is -0.350 e. The van der Waals surface area contributed by atoms with E-state index in [2.05, 4.69) is 40.2 Å². The highest BCUT2D eigenvalue weighted by Gasteiger charge is 2.33. The molecule has 1 aliphatic carbocycles. The van der Waals surface area contributed by atoms with Crippen molar-refractivity contribution in [2.45, 2.75) is 44.1 Å². The molecule has 0 spiro atoms. The fraction of sp³-hybridized carbons (Fsp3) is 0.588.